The fourth-order valence-corrected chi connectivity index (χ4v) is 5.03. The second-order valence-corrected chi connectivity index (χ2v) is 11.9. The highest BCUT2D eigenvalue weighted by Gasteiger charge is 2.52. The van der Waals surface area contributed by atoms with E-state index in [0.717, 1.165) is 5.32 Å². The summed E-state index contributed by atoms with van der Waals surface area (Å²) in [6, 6.07) is 18.9. The van der Waals surface area contributed by atoms with Gasteiger partial charge in [-0.25, -0.2) is 0 Å². The van der Waals surface area contributed by atoms with Crippen molar-refractivity contribution in [3.63, 3.8) is 0 Å². The number of ketones is 2. The quantitative estimate of drug-likeness (QED) is 0.141. The maximum absolute atomic E-state index is 14.9. The zero-order valence-electron chi connectivity index (χ0n) is 27.7. The van der Waals surface area contributed by atoms with Gasteiger partial charge < -0.3 is 20.7 Å². The lowest BCUT2D eigenvalue weighted by molar-refractivity contribution is -0.167. The van der Waals surface area contributed by atoms with Crippen LogP contribution in [0.1, 0.15) is 53.4 Å². The SMILES string of the molecule is COc1ccc([C@H](NC(=O)[C@H](Cc2cccc(C#N)c2)NC(=O)c2ccccc2)C(=O)C[C@H](C(=O)C(F)(F)C(=O)NCC(F)(F)F)C(C)C)cc1. The molecule has 0 aromatic heterocycles. The van der Waals surface area contributed by atoms with Crippen molar-refractivity contribution >= 4 is 29.3 Å². The smallest absolute Gasteiger partial charge is 0.405 e. The van der Waals surface area contributed by atoms with Crippen LogP contribution in [-0.2, 0) is 25.6 Å². The molecule has 3 N–H and O–H groups in total. The second-order valence-electron chi connectivity index (χ2n) is 11.9. The Labute approximate surface area is 290 Å². The Morgan fingerprint density at radius 1 is 0.863 bits per heavy atom. The van der Waals surface area contributed by atoms with E-state index in [0.29, 0.717) is 11.3 Å². The van der Waals surface area contributed by atoms with Gasteiger partial charge in [0.1, 0.15) is 24.4 Å². The van der Waals surface area contributed by atoms with Gasteiger partial charge in [-0.15, -0.1) is 0 Å². The van der Waals surface area contributed by atoms with Gasteiger partial charge >= 0.3 is 12.1 Å². The summed E-state index contributed by atoms with van der Waals surface area (Å²) in [5.41, 5.74) is 1.10. The van der Waals surface area contributed by atoms with E-state index in [1.165, 1.54) is 69.5 Å². The monoisotopic (exact) mass is 714 g/mol. The Bertz CT molecular complexity index is 1760. The molecule has 15 heteroatoms. The van der Waals surface area contributed by atoms with E-state index < -0.39 is 78.3 Å². The number of methoxy groups -OCH3 is 1. The Balaban J connectivity index is 1.97. The molecule has 10 nitrogen and oxygen atoms in total. The molecule has 0 bridgehead atoms. The van der Waals surface area contributed by atoms with E-state index in [1.54, 1.807) is 30.3 Å². The number of nitriles is 1. The van der Waals surface area contributed by atoms with Gasteiger partial charge in [0.15, 0.2) is 5.78 Å². The molecule has 0 heterocycles. The van der Waals surface area contributed by atoms with Crippen molar-refractivity contribution in [2.45, 2.75) is 50.9 Å². The Kier molecular flexibility index (Phi) is 13.5. The number of amides is 3. The van der Waals surface area contributed by atoms with E-state index in [4.69, 9.17) is 4.74 Å². The number of carbonyl (C=O) groups excluding carboxylic acids is 5. The van der Waals surface area contributed by atoms with Gasteiger partial charge in [-0.3, -0.25) is 24.0 Å². The van der Waals surface area contributed by atoms with Crippen LogP contribution in [0.5, 0.6) is 5.75 Å². The maximum Gasteiger partial charge on any atom is 0.405 e. The van der Waals surface area contributed by atoms with Crippen molar-refractivity contribution < 1.29 is 50.7 Å². The molecule has 0 saturated heterocycles. The van der Waals surface area contributed by atoms with Crippen LogP contribution in [0.25, 0.3) is 0 Å². The minimum Gasteiger partial charge on any atom is -0.497 e. The molecule has 3 amide bonds. The van der Waals surface area contributed by atoms with Crippen LogP contribution in [0.2, 0.25) is 0 Å². The molecular weight excluding hydrogens is 679 g/mol. The van der Waals surface area contributed by atoms with Crippen LogP contribution in [-0.4, -0.2) is 61.1 Å². The molecule has 0 unspecified atom stereocenters. The standard InChI is InChI=1S/C36H35F5N4O6/c1-21(2)27(31(47)36(40,41)34(50)43-20-35(37,38)39)18-29(46)30(24-12-14-26(51-3)15-13-24)45-33(49)28(17-22-8-7-9-23(16-22)19-42)44-32(48)25-10-5-4-6-11-25/h4-16,21,27-28,30H,17-18,20H2,1-3H3,(H,43,50)(H,44,48)(H,45,49)/t27-,28-,30-/m0/s1. The Morgan fingerprint density at radius 2 is 1.51 bits per heavy atom. The first kappa shape index (κ1) is 39.8. The second kappa shape index (κ2) is 17.3. The number of Topliss-reactive ketones (excluding diaryl/α,β-unsaturated/α-hetero) is 2. The summed E-state index contributed by atoms with van der Waals surface area (Å²) in [5.74, 6) is -14.4. The van der Waals surface area contributed by atoms with Crippen molar-refractivity contribution in [2.75, 3.05) is 13.7 Å². The van der Waals surface area contributed by atoms with Crippen molar-refractivity contribution in [3.8, 4) is 11.8 Å². The number of halogens is 5. The number of nitrogens with one attached hydrogen (secondary N) is 3. The average Bonchev–Trinajstić information content (AvgIpc) is 3.10. The highest BCUT2D eigenvalue weighted by molar-refractivity contribution is 6.09. The fourth-order valence-electron chi connectivity index (χ4n) is 5.03. The summed E-state index contributed by atoms with van der Waals surface area (Å²) in [4.78, 5) is 66.0. The third kappa shape index (κ3) is 11.2. The summed E-state index contributed by atoms with van der Waals surface area (Å²) in [7, 11) is 1.38. The zero-order valence-corrected chi connectivity index (χ0v) is 27.7. The van der Waals surface area contributed by atoms with Gasteiger partial charge in [0.2, 0.25) is 11.7 Å². The maximum atomic E-state index is 14.9. The van der Waals surface area contributed by atoms with E-state index >= 15 is 0 Å². The number of hydrogen-bond donors (Lipinski definition) is 3. The third-order valence-electron chi connectivity index (χ3n) is 7.82. The lowest BCUT2D eigenvalue weighted by Gasteiger charge is -2.27. The van der Waals surface area contributed by atoms with Gasteiger partial charge in [-0.05, 0) is 53.4 Å². The van der Waals surface area contributed by atoms with E-state index in [-0.39, 0.29) is 23.1 Å². The van der Waals surface area contributed by atoms with Crippen molar-refractivity contribution in [1.29, 1.82) is 5.26 Å². The first-order valence-corrected chi connectivity index (χ1v) is 15.6. The number of benzene rings is 3. The Hall–Kier alpha value is -5.65. The number of hydrogen-bond acceptors (Lipinski definition) is 7. The topological polar surface area (TPSA) is 154 Å². The van der Waals surface area contributed by atoms with Gasteiger partial charge in [-0.2, -0.15) is 27.2 Å². The summed E-state index contributed by atoms with van der Waals surface area (Å²) < 4.78 is 72.7. The molecule has 0 saturated carbocycles. The average molecular weight is 715 g/mol. The number of nitrogens with zero attached hydrogens (tertiary/aromatic N) is 1. The molecule has 0 aliphatic rings. The van der Waals surface area contributed by atoms with Crippen LogP contribution in [0.4, 0.5) is 22.0 Å². The van der Waals surface area contributed by atoms with E-state index in [2.05, 4.69) is 10.6 Å². The van der Waals surface area contributed by atoms with Crippen molar-refractivity contribution in [1.82, 2.24) is 16.0 Å². The largest absolute Gasteiger partial charge is 0.497 e. The Morgan fingerprint density at radius 3 is 2.08 bits per heavy atom. The molecule has 3 aromatic carbocycles. The van der Waals surface area contributed by atoms with Crippen LogP contribution >= 0.6 is 0 Å². The molecule has 3 aromatic rings. The van der Waals surface area contributed by atoms with Gasteiger partial charge in [0.05, 0.1) is 18.7 Å². The summed E-state index contributed by atoms with van der Waals surface area (Å²) in [5, 5.41) is 15.5. The molecule has 0 aliphatic heterocycles. The first-order chi connectivity index (χ1) is 24.0. The first-order valence-electron chi connectivity index (χ1n) is 15.6. The molecule has 0 fully saturated rings. The minimum atomic E-state index is -5.02. The van der Waals surface area contributed by atoms with E-state index in [9.17, 15) is 51.2 Å². The van der Waals surface area contributed by atoms with Crippen LogP contribution in [0, 0.1) is 23.2 Å². The number of carbonyl (C=O) groups is 5. The van der Waals surface area contributed by atoms with Gasteiger partial charge in [0.25, 0.3) is 11.8 Å². The van der Waals surface area contributed by atoms with Crippen LogP contribution in [0.15, 0.2) is 78.9 Å². The molecule has 3 rings (SSSR count). The molecular formula is C36H35F5N4O6. The van der Waals surface area contributed by atoms with Crippen LogP contribution in [0.3, 0.4) is 0 Å². The van der Waals surface area contributed by atoms with Crippen LogP contribution < -0.4 is 20.7 Å². The molecule has 3 atom stereocenters. The van der Waals surface area contributed by atoms with Crippen molar-refractivity contribution in [3.05, 3.63) is 101 Å². The fraction of sp³-hybridized carbons (Fsp3) is 0.333. The van der Waals surface area contributed by atoms with Crippen molar-refractivity contribution in [2.24, 2.45) is 11.8 Å². The van der Waals surface area contributed by atoms with Gasteiger partial charge in [-0.1, -0.05) is 56.3 Å². The molecule has 0 spiro atoms. The molecule has 0 radical (unpaired) electrons. The summed E-state index contributed by atoms with van der Waals surface area (Å²) in [6.45, 7) is 0.518. The van der Waals surface area contributed by atoms with E-state index in [1.807, 2.05) is 6.07 Å². The zero-order chi connectivity index (χ0) is 37.9. The molecule has 0 aliphatic carbocycles. The highest BCUT2D eigenvalue weighted by Crippen LogP contribution is 2.30. The summed E-state index contributed by atoms with van der Waals surface area (Å²) >= 11 is 0. The predicted molar refractivity (Wildman–Crippen MR) is 173 cm³/mol. The third-order valence-corrected chi connectivity index (χ3v) is 7.82. The summed E-state index contributed by atoms with van der Waals surface area (Å²) in [6.07, 6.45) is -6.11. The molecule has 51 heavy (non-hydrogen) atoms. The predicted octanol–water partition coefficient (Wildman–Crippen LogP) is 4.88. The molecule has 270 valence electrons. The highest BCUT2D eigenvalue weighted by atomic mass is 19.4. The number of ether oxygens (including phenoxy) is 1. The lowest BCUT2D eigenvalue weighted by Crippen LogP contribution is -2.52. The van der Waals surface area contributed by atoms with Gasteiger partial charge in [0, 0.05) is 24.3 Å². The number of rotatable bonds is 16. The minimum absolute atomic E-state index is 0.137. The number of alkyl halides is 5. The normalized spacial score (nSPS) is 13.3. The lowest BCUT2D eigenvalue weighted by atomic mass is 9.82.